The number of hydrogen-bond acceptors (Lipinski definition) is 8. The average molecular weight is 339 g/mol. The molecule has 1 aromatic rings. The fraction of sp³-hybridized carbons (Fsp3) is 0.562. The van der Waals surface area contributed by atoms with Crippen molar-refractivity contribution in [1.82, 2.24) is 4.90 Å². The van der Waals surface area contributed by atoms with Crippen molar-refractivity contribution in [3.63, 3.8) is 0 Å². The number of carbonyl (C=O) groups excluding carboxylic acids is 1. The number of esters is 1. The minimum Gasteiger partial charge on any atom is -0.508 e. The summed E-state index contributed by atoms with van der Waals surface area (Å²) in [6.45, 7) is 1.06. The van der Waals surface area contributed by atoms with Gasteiger partial charge in [0.1, 0.15) is 11.8 Å². The maximum Gasteiger partial charge on any atom is 0.323 e. The molecule has 24 heavy (non-hydrogen) atoms. The van der Waals surface area contributed by atoms with Crippen LogP contribution in [0.15, 0.2) is 24.3 Å². The lowest BCUT2D eigenvalue weighted by Gasteiger charge is -2.31. The van der Waals surface area contributed by atoms with E-state index in [0.717, 1.165) is 5.56 Å². The molecule has 1 aromatic carbocycles. The first kappa shape index (κ1) is 20.3. The number of benzene rings is 1. The molecule has 0 amide bonds. The first-order chi connectivity index (χ1) is 11.3. The van der Waals surface area contributed by atoms with Crippen LogP contribution in [-0.2, 0) is 16.0 Å². The van der Waals surface area contributed by atoms with Crippen molar-refractivity contribution in [2.75, 3.05) is 20.2 Å². The number of methoxy groups -OCH3 is 1. The van der Waals surface area contributed by atoms with Gasteiger partial charge < -0.3 is 32.8 Å². The summed E-state index contributed by atoms with van der Waals surface area (Å²) in [5.74, 6) is -0.173. The molecule has 0 saturated heterocycles. The van der Waals surface area contributed by atoms with Crippen LogP contribution in [0.3, 0.4) is 0 Å². The smallest absolute Gasteiger partial charge is 0.323 e. The fourth-order valence-electron chi connectivity index (χ4n) is 2.41. The molecule has 0 unspecified atom stereocenters. The molecule has 0 heterocycles. The zero-order valence-electron chi connectivity index (χ0n) is 14.1. The van der Waals surface area contributed by atoms with E-state index in [9.17, 15) is 9.90 Å². The Labute approximate surface area is 142 Å². The third-order valence-electron chi connectivity index (χ3n) is 3.78. The molecule has 0 fully saturated rings. The lowest BCUT2D eigenvalue weighted by atomic mass is 10.0. The number of rotatable bonds is 10. The third-order valence-corrected chi connectivity index (χ3v) is 3.78. The van der Waals surface area contributed by atoms with Gasteiger partial charge in [-0.2, -0.15) is 0 Å². The molecule has 0 aliphatic heterocycles. The van der Waals surface area contributed by atoms with E-state index in [1.54, 1.807) is 24.3 Å². The molecule has 0 radical (unpaired) electrons. The summed E-state index contributed by atoms with van der Waals surface area (Å²) >= 11 is 0. The normalized spacial score (nSPS) is 12.8. The fourth-order valence-corrected chi connectivity index (χ4v) is 2.41. The number of phenols is 1. The molecule has 8 nitrogen and oxygen atoms in total. The second kappa shape index (κ2) is 10.2. The standard InChI is InChI=1S/C16H29N5O3/c1-24-16(23)13(10-11-2-4-12(22)5-3-11)21(8-6-14(17)18)9-7-15(19)20/h2-5,13-15,22H,6-10,17-20H2,1H3/t13-/m0/s1. The minimum atomic E-state index is -0.503. The Hall–Kier alpha value is -1.71. The highest BCUT2D eigenvalue weighted by Crippen LogP contribution is 2.15. The predicted molar refractivity (Wildman–Crippen MR) is 92.7 cm³/mol. The summed E-state index contributed by atoms with van der Waals surface area (Å²) in [6.07, 6.45) is 0.565. The summed E-state index contributed by atoms with van der Waals surface area (Å²) < 4.78 is 4.95. The lowest BCUT2D eigenvalue weighted by molar-refractivity contribution is -0.147. The summed E-state index contributed by atoms with van der Waals surface area (Å²) in [7, 11) is 1.35. The summed E-state index contributed by atoms with van der Waals surface area (Å²) in [4.78, 5) is 14.2. The van der Waals surface area contributed by atoms with Crippen LogP contribution >= 0.6 is 0 Å². The van der Waals surface area contributed by atoms with E-state index in [1.807, 2.05) is 4.90 Å². The molecule has 8 heteroatoms. The molecule has 1 atom stereocenters. The van der Waals surface area contributed by atoms with Crippen LogP contribution in [0.4, 0.5) is 0 Å². The van der Waals surface area contributed by atoms with Crippen LogP contribution in [0.1, 0.15) is 18.4 Å². The van der Waals surface area contributed by atoms with Crippen molar-refractivity contribution in [1.29, 1.82) is 0 Å². The van der Waals surface area contributed by atoms with Crippen molar-refractivity contribution in [2.24, 2.45) is 22.9 Å². The van der Waals surface area contributed by atoms with Crippen molar-refractivity contribution in [3.05, 3.63) is 29.8 Å². The van der Waals surface area contributed by atoms with Gasteiger partial charge in [0.25, 0.3) is 0 Å². The van der Waals surface area contributed by atoms with E-state index in [0.29, 0.717) is 32.4 Å². The van der Waals surface area contributed by atoms with Gasteiger partial charge in [-0.05, 0) is 37.0 Å². The van der Waals surface area contributed by atoms with Crippen LogP contribution in [0.5, 0.6) is 5.75 Å². The lowest BCUT2D eigenvalue weighted by Crippen LogP contribution is -2.48. The van der Waals surface area contributed by atoms with Gasteiger partial charge in [0, 0.05) is 13.1 Å². The zero-order chi connectivity index (χ0) is 18.1. The van der Waals surface area contributed by atoms with E-state index in [4.69, 9.17) is 27.7 Å². The number of nitrogens with two attached hydrogens (primary N) is 4. The maximum absolute atomic E-state index is 12.3. The summed E-state index contributed by atoms with van der Waals surface area (Å²) in [6, 6.07) is 6.20. The number of ether oxygens (including phenoxy) is 1. The molecule has 0 aromatic heterocycles. The SMILES string of the molecule is COC(=O)[C@H](Cc1ccc(O)cc1)N(CCC(N)N)CCC(N)N. The Kier molecular flexibility index (Phi) is 8.66. The van der Waals surface area contributed by atoms with E-state index >= 15 is 0 Å². The predicted octanol–water partition coefficient (Wildman–Crippen LogP) is -0.954. The van der Waals surface area contributed by atoms with Crippen molar-refractivity contribution >= 4 is 5.97 Å². The molecular formula is C16H29N5O3. The Bertz CT molecular complexity index is 481. The number of nitrogens with zero attached hydrogens (tertiary/aromatic N) is 1. The van der Waals surface area contributed by atoms with Crippen molar-refractivity contribution in [2.45, 2.75) is 37.6 Å². The maximum atomic E-state index is 12.3. The molecule has 136 valence electrons. The van der Waals surface area contributed by atoms with Crippen LogP contribution in [0.25, 0.3) is 0 Å². The Morgan fingerprint density at radius 2 is 1.58 bits per heavy atom. The van der Waals surface area contributed by atoms with Gasteiger partial charge in [-0.3, -0.25) is 9.69 Å². The van der Waals surface area contributed by atoms with Gasteiger partial charge >= 0.3 is 5.97 Å². The number of hydrogen-bond donors (Lipinski definition) is 5. The molecule has 0 spiro atoms. The van der Waals surface area contributed by atoms with Gasteiger partial charge in [0.05, 0.1) is 19.4 Å². The molecular weight excluding hydrogens is 310 g/mol. The monoisotopic (exact) mass is 339 g/mol. The number of phenolic OH excluding ortho intramolecular Hbond substituents is 1. The zero-order valence-corrected chi connectivity index (χ0v) is 14.1. The number of carbonyl (C=O) groups is 1. The molecule has 9 N–H and O–H groups in total. The average Bonchev–Trinajstić information content (AvgIpc) is 2.54. The van der Waals surface area contributed by atoms with Crippen molar-refractivity contribution in [3.8, 4) is 5.75 Å². The molecule has 0 bridgehead atoms. The molecule has 0 aliphatic rings. The largest absolute Gasteiger partial charge is 0.508 e. The topological polar surface area (TPSA) is 154 Å². The van der Waals surface area contributed by atoms with Gasteiger partial charge in [-0.1, -0.05) is 12.1 Å². The van der Waals surface area contributed by atoms with Crippen LogP contribution in [0, 0.1) is 0 Å². The number of aromatic hydroxyl groups is 1. The first-order valence-electron chi connectivity index (χ1n) is 7.95. The van der Waals surface area contributed by atoms with Crippen LogP contribution in [0.2, 0.25) is 0 Å². The Morgan fingerprint density at radius 1 is 1.08 bits per heavy atom. The van der Waals surface area contributed by atoms with Gasteiger partial charge in [0.2, 0.25) is 0 Å². The summed E-state index contributed by atoms with van der Waals surface area (Å²) in [5, 5.41) is 9.39. The minimum absolute atomic E-state index is 0.174. The van der Waals surface area contributed by atoms with Gasteiger partial charge in [-0.15, -0.1) is 0 Å². The van der Waals surface area contributed by atoms with Gasteiger partial charge in [-0.25, -0.2) is 0 Å². The molecule has 0 saturated carbocycles. The van der Waals surface area contributed by atoms with E-state index < -0.39 is 18.4 Å². The van der Waals surface area contributed by atoms with Crippen molar-refractivity contribution < 1.29 is 14.6 Å². The quantitative estimate of drug-likeness (QED) is 0.270. The molecule has 1 rings (SSSR count). The highest BCUT2D eigenvalue weighted by molar-refractivity contribution is 5.76. The second-order valence-electron chi connectivity index (χ2n) is 5.85. The molecule has 0 aliphatic carbocycles. The third kappa shape index (κ3) is 7.24. The highest BCUT2D eigenvalue weighted by Gasteiger charge is 2.27. The van der Waals surface area contributed by atoms with Crippen LogP contribution in [-0.4, -0.2) is 54.5 Å². The Morgan fingerprint density at radius 3 is 2.00 bits per heavy atom. The van der Waals surface area contributed by atoms with E-state index in [-0.39, 0.29) is 11.7 Å². The summed E-state index contributed by atoms with van der Waals surface area (Å²) in [5.41, 5.74) is 23.4. The second-order valence-corrected chi connectivity index (χ2v) is 5.85. The van der Waals surface area contributed by atoms with Gasteiger partial charge in [0.15, 0.2) is 0 Å². The van der Waals surface area contributed by atoms with E-state index in [2.05, 4.69) is 0 Å². The highest BCUT2D eigenvalue weighted by atomic mass is 16.5. The van der Waals surface area contributed by atoms with Crippen LogP contribution < -0.4 is 22.9 Å². The first-order valence-corrected chi connectivity index (χ1v) is 7.95. The van der Waals surface area contributed by atoms with E-state index in [1.165, 1.54) is 7.11 Å². The Balaban J connectivity index is 2.91.